The Morgan fingerprint density at radius 3 is 2.83 bits per heavy atom. The van der Waals surface area contributed by atoms with Gasteiger partial charge in [-0.3, -0.25) is 14.2 Å². The number of hydrogen-bond donors (Lipinski definition) is 1. The second-order valence-corrected chi connectivity index (χ2v) is 7.39. The summed E-state index contributed by atoms with van der Waals surface area (Å²) in [5, 5.41) is 3.81. The first-order valence-electron chi connectivity index (χ1n) is 9.23. The van der Waals surface area contributed by atoms with Crippen molar-refractivity contribution in [2.24, 2.45) is 0 Å². The van der Waals surface area contributed by atoms with Crippen LogP contribution in [0.2, 0.25) is 0 Å². The molecule has 0 saturated carbocycles. The number of hydrogen-bond acceptors (Lipinski definition) is 6. The Bertz CT molecular complexity index is 1230. The van der Waals surface area contributed by atoms with Crippen LogP contribution < -0.4 is 15.6 Å². The summed E-state index contributed by atoms with van der Waals surface area (Å²) in [6.45, 7) is 0.240. The minimum absolute atomic E-state index is 0.0974. The first-order valence-corrected chi connectivity index (χ1v) is 10.2. The lowest BCUT2D eigenvalue weighted by atomic mass is 10.2. The third kappa shape index (κ3) is 4.38. The van der Waals surface area contributed by atoms with Crippen LogP contribution >= 0.6 is 11.8 Å². The molecule has 0 saturated heterocycles. The van der Waals surface area contributed by atoms with Gasteiger partial charge in [0.2, 0.25) is 5.91 Å². The fraction of sp³-hybridized carbons (Fsp3) is 0.136. The van der Waals surface area contributed by atoms with Gasteiger partial charge in [-0.25, -0.2) is 4.98 Å². The molecule has 2 aromatic carbocycles. The predicted molar refractivity (Wildman–Crippen MR) is 116 cm³/mol. The molecule has 7 nitrogen and oxygen atoms in total. The van der Waals surface area contributed by atoms with Crippen LogP contribution in [0.25, 0.3) is 10.9 Å². The standard InChI is InChI=1S/C22H19N3O4S/c1-28-16-7-4-6-15(12-16)23-20(26)14-30-22-24-19-10-3-2-9-18(19)21(27)25(22)13-17-8-5-11-29-17/h2-12H,13-14H2,1H3,(H,23,26). The Kier molecular flexibility index (Phi) is 5.85. The summed E-state index contributed by atoms with van der Waals surface area (Å²) in [6, 6.07) is 17.9. The number of thioether (sulfide) groups is 1. The van der Waals surface area contributed by atoms with Crippen molar-refractivity contribution in [2.45, 2.75) is 11.7 Å². The second-order valence-electron chi connectivity index (χ2n) is 6.45. The normalized spacial score (nSPS) is 10.8. The molecule has 2 heterocycles. The second kappa shape index (κ2) is 8.87. The number of methoxy groups -OCH3 is 1. The van der Waals surface area contributed by atoms with Gasteiger partial charge in [0.15, 0.2) is 5.16 Å². The van der Waals surface area contributed by atoms with Crippen LogP contribution in [0.1, 0.15) is 5.76 Å². The first-order chi connectivity index (χ1) is 14.6. The van der Waals surface area contributed by atoms with E-state index in [1.165, 1.54) is 16.3 Å². The summed E-state index contributed by atoms with van der Waals surface area (Å²) in [6.07, 6.45) is 1.56. The van der Waals surface area contributed by atoms with Gasteiger partial charge in [0.05, 0.1) is 36.6 Å². The molecule has 0 radical (unpaired) electrons. The molecule has 0 fully saturated rings. The van der Waals surface area contributed by atoms with Gasteiger partial charge < -0.3 is 14.5 Å². The number of benzene rings is 2. The minimum Gasteiger partial charge on any atom is -0.497 e. The first kappa shape index (κ1) is 19.8. The van der Waals surface area contributed by atoms with Crippen LogP contribution in [-0.4, -0.2) is 28.3 Å². The molecule has 2 aromatic heterocycles. The fourth-order valence-electron chi connectivity index (χ4n) is 2.98. The number of anilines is 1. The molecule has 1 N–H and O–H groups in total. The van der Waals surface area contributed by atoms with E-state index in [4.69, 9.17) is 9.15 Å². The average Bonchev–Trinajstić information content (AvgIpc) is 3.28. The molecule has 0 aliphatic carbocycles. The van der Waals surface area contributed by atoms with Crippen molar-refractivity contribution >= 4 is 34.3 Å². The number of ether oxygens (including phenoxy) is 1. The number of para-hydroxylation sites is 1. The quantitative estimate of drug-likeness (QED) is 0.361. The van der Waals surface area contributed by atoms with Crippen LogP contribution in [-0.2, 0) is 11.3 Å². The Morgan fingerprint density at radius 1 is 1.17 bits per heavy atom. The van der Waals surface area contributed by atoms with Crippen molar-refractivity contribution in [1.82, 2.24) is 9.55 Å². The summed E-state index contributed by atoms with van der Waals surface area (Å²) in [7, 11) is 1.57. The molecule has 0 atom stereocenters. The lowest BCUT2D eigenvalue weighted by molar-refractivity contribution is -0.113. The third-order valence-electron chi connectivity index (χ3n) is 4.41. The zero-order valence-electron chi connectivity index (χ0n) is 16.2. The number of carbonyl (C=O) groups excluding carboxylic acids is 1. The van der Waals surface area contributed by atoms with Crippen molar-refractivity contribution < 1.29 is 13.9 Å². The predicted octanol–water partition coefficient (Wildman–Crippen LogP) is 3.78. The van der Waals surface area contributed by atoms with E-state index < -0.39 is 0 Å². The maximum absolute atomic E-state index is 13.0. The lowest BCUT2D eigenvalue weighted by Gasteiger charge is -2.12. The van der Waals surface area contributed by atoms with Crippen molar-refractivity contribution in [2.75, 3.05) is 18.2 Å². The number of rotatable bonds is 7. The van der Waals surface area contributed by atoms with E-state index in [0.717, 1.165) is 0 Å². The van der Waals surface area contributed by atoms with E-state index in [0.29, 0.717) is 33.3 Å². The van der Waals surface area contributed by atoms with Crippen LogP contribution in [0, 0.1) is 0 Å². The van der Waals surface area contributed by atoms with Gasteiger partial charge >= 0.3 is 0 Å². The highest BCUT2D eigenvalue weighted by Crippen LogP contribution is 2.21. The molecule has 4 rings (SSSR count). The minimum atomic E-state index is -0.208. The molecule has 1 amide bonds. The summed E-state index contributed by atoms with van der Waals surface area (Å²) >= 11 is 1.20. The van der Waals surface area contributed by atoms with Crippen molar-refractivity contribution in [3.63, 3.8) is 0 Å². The van der Waals surface area contributed by atoms with Gasteiger partial charge in [-0.2, -0.15) is 0 Å². The van der Waals surface area contributed by atoms with Gasteiger partial charge in [-0.15, -0.1) is 0 Å². The summed E-state index contributed by atoms with van der Waals surface area (Å²) in [4.78, 5) is 30.1. The number of nitrogens with one attached hydrogen (secondary N) is 1. The van der Waals surface area contributed by atoms with Crippen molar-refractivity contribution in [1.29, 1.82) is 0 Å². The van der Waals surface area contributed by atoms with Crippen LogP contribution in [0.3, 0.4) is 0 Å². The molecule has 0 spiro atoms. The maximum atomic E-state index is 13.0. The number of furan rings is 1. The summed E-state index contributed by atoms with van der Waals surface area (Å²) < 4.78 is 12.1. The maximum Gasteiger partial charge on any atom is 0.262 e. The van der Waals surface area contributed by atoms with Gasteiger partial charge in [0, 0.05) is 11.8 Å². The highest BCUT2D eigenvalue weighted by Gasteiger charge is 2.14. The third-order valence-corrected chi connectivity index (χ3v) is 5.38. The Labute approximate surface area is 176 Å². The smallest absolute Gasteiger partial charge is 0.262 e. The van der Waals surface area contributed by atoms with E-state index in [-0.39, 0.29) is 23.8 Å². The van der Waals surface area contributed by atoms with E-state index in [9.17, 15) is 9.59 Å². The molecule has 0 unspecified atom stereocenters. The van der Waals surface area contributed by atoms with Crippen LogP contribution in [0.15, 0.2) is 81.3 Å². The summed E-state index contributed by atoms with van der Waals surface area (Å²) in [5.74, 6) is 1.18. The largest absolute Gasteiger partial charge is 0.497 e. The number of amides is 1. The molecule has 30 heavy (non-hydrogen) atoms. The van der Waals surface area contributed by atoms with E-state index >= 15 is 0 Å². The molecule has 0 bridgehead atoms. The van der Waals surface area contributed by atoms with E-state index in [2.05, 4.69) is 10.3 Å². The monoisotopic (exact) mass is 421 g/mol. The highest BCUT2D eigenvalue weighted by molar-refractivity contribution is 7.99. The lowest BCUT2D eigenvalue weighted by Crippen LogP contribution is -2.24. The highest BCUT2D eigenvalue weighted by atomic mass is 32.2. The van der Waals surface area contributed by atoms with E-state index in [1.54, 1.807) is 68.0 Å². The Balaban J connectivity index is 1.57. The summed E-state index contributed by atoms with van der Waals surface area (Å²) in [5.41, 5.74) is 1.06. The van der Waals surface area contributed by atoms with Gasteiger partial charge in [-0.05, 0) is 36.4 Å². The zero-order chi connectivity index (χ0) is 20.9. The molecule has 4 aromatic rings. The number of carbonyl (C=O) groups is 1. The van der Waals surface area contributed by atoms with Gasteiger partial charge in [0.25, 0.3) is 5.56 Å². The number of nitrogens with zero attached hydrogens (tertiary/aromatic N) is 2. The van der Waals surface area contributed by atoms with E-state index in [1.807, 2.05) is 6.07 Å². The van der Waals surface area contributed by atoms with Gasteiger partial charge in [-0.1, -0.05) is 30.0 Å². The molecule has 8 heteroatoms. The molecular formula is C22H19N3O4S. The average molecular weight is 421 g/mol. The number of aromatic nitrogens is 2. The van der Waals surface area contributed by atoms with Crippen LogP contribution in [0.4, 0.5) is 5.69 Å². The zero-order valence-corrected chi connectivity index (χ0v) is 17.0. The number of fused-ring (bicyclic) bond motifs is 1. The molecule has 152 valence electrons. The Morgan fingerprint density at radius 2 is 2.03 bits per heavy atom. The molecule has 0 aliphatic rings. The molecule has 0 aliphatic heterocycles. The van der Waals surface area contributed by atoms with Crippen LogP contribution in [0.5, 0.6) is 5.75 Å². The van der Waals surface area contributed by atoms with Gasteiger partial charge in [0.1, 0.15) is 11.5 Å². The fourth-order valence-corrected chi connectivity index (χ4v) is 3.78. The Hall–Kier alpha value is -3.52. The van der Waals surface area contributed by atoms with Crippen molar-refractivity contribution in [3.8, 4) is 5.75 Å². The SMILES string of the molecule is COc1cccc(NC(=O)CSc2nc3ccccc3c(=O)n2Cc2ccco2)c1. The molecular weight excluding hydrogens is 402 g/mol. The van der Waals surface area contributed by atoms with Crippen molar-refractivity contribution in [3.05, 3.63) is 83.0 Å². The topological polar surface area (TPSA) is 86.4 Å².